The minimum Gasteiger partial charge on any atom is -0.464 e. The number of rotatable bonds is 4. The topological polar surface area (TPSA) is 46.6 Å². The Labute approximate surface area is 119 Å². The lowest BCUT2D eigenvalue weighted by Crippen LogP contribution is -2.43. The second-order valence-electron chi connectivity index (χ2n) is 5.07. The normalized spacial score (nSPS) is 19.7. The molecule has 0 spiro atoms. The van der Waals surface area contributed by atoms with Crippen molar-refractivity contribution in [3.63, 3.8) is 0 Å². The number of carbonyl (C=O) groups is 2. The SMILES string of the molecule is CCOC(=O)C1CCCN1C(=O)C(C)c1ccccc1. The molecule has 1 aromatic rings. The Bertz CT molecular complexity index is 472. The summed E-state index contributed by atoms with van der Waals surface area (Å²) in [6.07, 6.45) is 1.56. The maximum atomic E-state index is 12.6. The lowest BCUT2D eigenvalue weighted by molar-refractivity contribution is -0.153. The van der Waals surface area contributed by atoms with E-state index in [0.29, 0.717) is 19.6 Å². The van der Waals surface area contributed by atoms with Crippen molar-refractivity contribution in [3.8, 4) is 0 Å². The third kappa shape index (κ3) is 3.00. The molecule has 0 aliphatic carbocycles. The Balaban J connectivity index is 2.09. The summed E-state index contributed by atoms with van der Waals surface area (Å²) < 4.78 is 5.06. The molecule has 4 nitrogen and oxygen atoms in total. The molecule has 1 amide bonds. The highest BCUT2D eigenvalue weighted by atomic mass is 16.5. The molecule has 0 bridgehead atoms. The van der Waals surface area contributed by atoms with E-state index in [0.717, 1.165) is 12.0 Å². The predicted octanol–water partition coefficient (Wildman–Crippen LogP) is 2.34. The van der Waals surface area contributed by atoms with Gasteiger partial charge in [0.25, 0.3) is 0 Å². The highest BCUT2D eigenvalue weighted by molar-refractivity contribution is 5.89. The average Bonchev–Trinajstić information content (AvgIpc) is 2.96. The summed E-state index contributed by atoms with van der Waals surface area (Å²) in [5, 5.41) is 0. The summed E-state index contributed by atoms with van der Waals surface area (Å²) in [4.78, 5) is 26.2. The van der Waals surface area contributed by atoms with E-state index < -0.39 is 6.04 Å². The standard InChI is InChI=1S/C16H21NO3/c1-3-20-16(19)14-10-7-11-17(14)15(18)12(2)13-8-5-4-6-9-13/h4-6,8-9,12,14H,3,7,10-11H2,1-2H3. The molecule has 1 aliphatic heterocycles. The molecule has 0 N–H and O–H groups in total. The molecule has 20 heavy (non-hydrogen) atoms. The highest BCUT2D eigenvalue weighted by Gasteiger charge is 2.36. The molecule has 0 radical (unpaired) electrons. The molecule has 2 unspecified atom stereocenters. The van der Waals surface area contributed by atoms with E-state index in [4.69, 9.17) is 4.74 Å². The first-order valence-electron chi connectivity index (χ1n) is 7.17. The molecule has 1 aromatic carbocycles. The second kappa shape index (κ2) is 6.55. The van der Waals surface area contributed by atoms with Crippen molar-refractivity contribution in [2.45, 2.75) is 38.6 Å². The largest absolute Gasteiger partial charge is 0.464 e. The van der Waals surface area contributed by atoms with Gasteiger partial charge in [0.1, 0.15) is 6.04 Å². The lowest BCUT2D eigenvalue weighted by atomic mass is 9.99. The first-order valence-corrected chi connectivity index (χ1v) is 7.17. The van der Waals surface area contributed by atoms with Crippen LogP contribution in [0, 0.1) is 0 Å². The molecule has 1 saturated heterocycles. The van der Waals surface area contributed by atoms with E-state index in [1.165, 1.54) is 0 Å². The summed E-state index contributed by atoms with van der Waals surface area (Å²) in [6, 6.07) is 9.25. The average molecular weight is 275 g/mol. The van der Waals surface area contributed by atoms with Crippen molar-refractivity contribution < 1.29 is 14.3 Å². The third-order valence-corrected chi connectivity index (χ3v) is 3.76. The monoisotopic (exact) mass is 275 g/mol. The van der Waals surface area contributed by atoms with E-state index in [-0.39, 0.29) is 17.8 Å². The van der Waals surface area contributed by atoms with Gasteiger partial charge in [0.05, 0.1) is 12.5 Å². The first-order chi connectivity index (χ1) is 9.65. The Morgan fingerprint density at radius 2 is 2.05 bits per heavy atom. The quantitative estimate of drug-likeness (QED) is 0.792. The van der Waals surface area contributed by atoms with E-state index in [1.807, 2.05) is 37.3 Å². The van der Waals surface area contributed by atoms with Crippen LogP contribution in [0.25, 0.3) is 0 Å². The van der Waals surface area contributed by atoms with Gasteiger partial charge >= 0.3 is 5.97 Å². The Kier molecular flexibility index (Phi) is 4.77. The van der Waals surface area contributed by atoms with Gasteiger partial charge in [0.2, 0.25) is 5.91 Å². The van der Waals surface area contributed by atoms with Crippen LogP contribution in [-0.4, -0.2) is 36.0 Å². The summed E-state index contributed by atoms with van der Waals surface area (Å²) >= 11 is 0. The van der Waals surface area contributed by atoms with E-state index >= 15 is 0 Å². The van der Waals surface area contributed by atoms with Gasteiger partial charge in [-0.05, 0) is 32.3 Å². The molecular weight excluding hydrogens is 254 g/mol. The van der Waals surface area contributed by atoms with Gasteiger partial charge in [0.15, 0.2) is 0 Å². The number of nitrogens with zero attached hydrogens (tertiary/aromatic N) is 1. The molecular formula is C16H21NO3. The fourth-order valence-electron chi connectivity index (χ4n) is 2.65. The van der Waals surface area contributed by atoms with Crippen LogP contribution in [0.1, 0.15) is 38.2 Å². The molecule has 1 fully saturated rings. The van der Waals surface area contributed by atoms with Crippen LogP contribution in [0.2, 0.25) is 0 Å². The Morgan fingerprint density at radius 3 is 2.70 bits per heavy atom. The number of ether oxygens (including phenoxy) is 1. The molecule has 1 heterocycles. The van der Waals surface area contributed by atoms with Crippen molar-refractivity contribution >= 4 is 11.9 Å². The van der Waals surface area contributed by atoms with Crippen LogP contribution in [0.5, 0.6) is 0 Å². The van der Waals surface area contributed by atoms with Crippen LogP contribution in [-0.2, 0) is 14.3 Å². The van der Waals surface area contributed by atoms with Gasteiger partial charge in [-0.15, -0.1) is 0 Å². The lowest BCUT2D eigenvalue weighted by Gasteiger charge is -2.26. The molecule has 0 saturated carbocycles. The zero-order valence-corrected chi connectivity index (χ0v) is 12.0. The summed E-state index contributed by atoms with van der Waals surface area (Å²) in [6.45, 7) is 4.66. The first kappa shape index (κ1) is 14.6. The van der Waals surface area contributed by atoms with Gasteiger partial charge in [-0.3, -0.25) is 4.79 Å². The molecule has 0 aromatic heterocycles. The van der Waals surface area contributed by atoms with Gasteiger partial charge in [-0.2, -0.15) is 0 Å². The zero-order chi connectivity index (χ0) is 14.5. The number of carbonyl (C=O) groups excluding carboxylic acids is 2. The number of benzene rings is 1. The maximum absolute atomic E-state index is 12.6. The van der Waals surface area contributed by atoms with E-state index in [9.17, 15) is 9.59 Å². The summed E-state index contributed by atoms with van der Waals surface area (Å²) in [5.74, 6) is -0.503. The van der Waals surface area contributed by atoms with Crippen molar-refractivity contribution in [2.75, 3.05) is 13.2 Å². The second-order valence-corrected chi connectivity index (χ2v) is 5.07. The van der Waals surface area contributed by atoms with Crippen LogP contribution < -0.4 is 0 Å². The zero-order valence-electron chi connectivity index (χ0n) is 12.0. The van der Waals surface area contributed by atoms with Gasteiger partial charge in [-0.1, -0.05) is 30.3 Å². The maximum Gasteiger partial charge on any atom is 0.328 e. The smallest absolute Gasteiger partial charge is 0.328 e. The molecule has 1 aliphatic rings. The van der Waals surface area contributed by atoms with E-state index in [1.54, 1.807) is 11.8 Å². The number of amides is 1. The van der Waals surface area contributed by atoms with Crippen molar-refractivity contribution in [2.24, 2.45) is 0 Å². The fourth-order valence-corrected chi connectivity index (χ4v) is 2.65. The number of esters is 1. The third-order valence-electron chi connectivity index (χ3n) is 3.76. The number of hydrogen-bond acceptors (Lipinski definition) is 3. The predicted molar refractivity (Wildman–Crippen MR) is 76.2 cm³/mol. The van der Waals surface area contributed by atoms with Crippen LogP contribution >= 0.6 is 0 Å². The number of hydrogen-bond donors (Lipinski definition) is 0. The minimum absolute atomic E-state index is 0.00625. The molecule has 108 valence electrons. The van der Waals surface area contributed by atoms with E-state index in [2.05, 4.69) is 0 Å². The van der Waals surface area contributed by atoms with Crippen LogP contribution in [0.4, 0.5) is 0 Å². The van der Waals surface area contributed by atoms with Crippen LogP contribution in [0.15, 0.2) is 30.3 Å². The van der Waals surface area contributed by atoms with Crippen molar-refractivity contribution in [1.29, 1.82) is 0 Å². The molecule has 2 rings (SSSR count). The minimum atomic E-state index is -0.409. The summed E-state index contributed by atoms with van der Waals surface area (Å²) in [7, 11) is 0. The van der Waals surface area contributed by atoms with Crippen LogP contribution in [0.3, 0.4) is 0 Å². The van der Waals surface area contributed by atoms with Gasteiger partial charge < -0.3 is 9.64 Å². The van der Waals surface area contributed by atoms with Crippen molar-refractivity contribution in [3.05, 3.63) is 35.9 Å². The Morgan fingerprint density at radius 1 is 1.35 bits per heavy atom. The fraction of sp³-hybridized carbons (Fsp3) is 0.500. The van der Waals surface area contributed by atoms with Gasteiger partial charge in [-0.25, -0.2) is 4.79 Å². The van der Waals surface area contributed by atoms with Crippen molar-refractivity contribution in [1.82, 2.24) is 4.90 Å². The molecule has 4 heteroatoms. The van der Waals surface area contributed by atoms with Gasteiger partial charge in [0, 0.05) is 6.54 Å². The summed E-state index contributed by atoms with van der Waals surface area (Å²) in [5.41, 5.74) is 0.979. The highest BCUT2D eigenvalue weighted by Crippen LogP contribution is 2.25. The Hall–Kier alpha value is -1.84. The number of likely N-dealkylation sites (tertiary alicyclic amines) is 1. The molecule has 2 atom stereocenters.